The summed E-state index contributed by atoms with van der Waals surface area (Å²) < 4.78 is 23.3. The Morgan fingerprint density at radius 2 is 1.44 bits per heavy atom. The molecule has 1 aliphatic rings. The fourth-order valence-corrected chi connectivity index (χ4v) is 4.10. The Hall–Kier alpha value is -3.76. The van der Waals surface area contributed by atoms with Crippen molar-refractivity contribution in [3.05, 3.63) is 36.5 Å². The number of carbonyl (C=O) groups excluding carboxylic acids is 4. The zero-order chi connectivity index (χ0) is 24.8. The Balaban J connectivity index is 2.03. The summed E-state index contributed by atoms with van der Waals surface area (Å²) in [5.74, 6) is -2.98. The van der Waals surface area contributed by atoms with E-state index in [-0.39, 0.29) is 13.0 Å². The van der Waals surface area contributed by atoms with Gasteiger partial charge < -0.3 is 18.9 Å². The van der Waals surface area contributed by atoms with Gasteiger partial charge in [0, 0.05) is 39.2 Å². The maximum Gasteiger partial charge on any atom is 0.303 e. The van der Waals surface area contributed by atoms with E-state index in [4.69, 9.17) is 18.9 Å². The lowest BCUT2D eigenvalue weighted by atomic mass is 9.79. The van der Waals surface area contributed by atoms with Crippen molar-refractivity contribution in [3.63, 3.8) is 0 Å². The summed E-state index contributed by atoms with van der Waals surface area (Å²) in [5, 5.41) is 8.44. The average Bonchev–Trinajstić information content (AvgIpc) is 3.25. The minimum atomic E-state index is -1.16. The Kier molecular flexibility index (Phi) is 7.98. The molecule has 1 aliphatic carbocycles. The monoisotopic (exact) mass is 473 g/mol. The number of esters is 4. The van der Waals surface area contributed by atoms with E-state index < -0.39 is 54.1 Å². The Bertz CT molecular complexity index is 1040. The molecule has 34 heavy (non-hydrogen) atoms. The van der Waals surface area contributed by atoms with Crippen molar-refractivity contribution in [3.8, 4) is 11.3 Å². The van der Waals surface area contributed by atoms with Gasteiger partial charge in [-0.2, -0.15) is 0 Å². The van der Waals surface area contributed by atoms with Crippen molar-refractivity contribution in [2.24, 2.45) is 5.92 Å². The lowest BCUT2D eigenvalue weighted by molar-refractivity contribution is -0.207. The largest absolute Gasteiger partial charge is 0.465 e. The van der Waals surface area contributed by atoms with Crippen LogP contribution in [0.2, 0.25) is 0 Å². The van der Waals surface area contributed by atoms with Gasteiger partial charge in [0.25, 0.3) is 0 Å². The summed E-state index contributed by atoms with van der Waals surface area (Å²) in [6.07, 6.45) is -1.29. The van der Waals surface area contributed by atoms with Crippen LogP contribution < -0.4 is 0 Å². The second-order valence-electron chi connectivity index (χ2n) is 8.04. The highest BCUT2D eigenvalue weighted by Crippen LogP contribution is 2.39. The van der Waals surface area contributed by atoms with Crippen molar-refractivity contribution in [1.29, 1.82) is 0 Å². The van der Waals surface area contributed by atoms with E-state index in [1.165, 1.54) is 32.4 Å². The molecule has 11 nitrogen and oxygen atoms in total. The van der Waals surface area contributed by atoms with Gasteiger partial charge >= 0.3 is 23.9 Å². The number of benzene rings is 1. The molecule has 1 aromatic carbocycles. The molecule has 11 heteroatoms. The minimum absolute atomic E-state index is 0.103. The van der Waals surface area contributed by atoms with E-state index in [1.54, 1.807) is 6.20 Å². The zero-order valence-corrected chi connectivity index (χ0v) is 19.4. The molecule has 0 unspecified atom stereocenters. The van der Waals surface area contributed by atoms with Gasteiger partial charge in [0.15, 0.2) is 12.2 Å². The third-order valence-corrected chi connectivity index (χ3v) is 5.36. The molecule has 0 radical (unpaired) electrons. The Morgan fingerprint density at radius 1 is 0.853 bits per heavy atom. The number of nitrogens with zero attached hydrogens (tertiary/aromatic N) is 3. The minimum Gasteiger partial charge on any atom is -0.465 e. The molecule has 2 aromatic rings. The van der Waals surface area contributed by atoms with Crippen molar-refractivity contribution in [2.75, 3.05) is 6.61 Å². The van der Waals surface area contributed by atoms with E-state index in [0.29, 0.717) is 5.69 Å². The quantitative estimate of drug-likeness (QED) is 0.433. The summed E-state index contributed by atoms with van der Waals surface area (Å²) in [6, 6.07) is 8.72. The number of rotatable bonds is 7. The lowest BCUT2D eigenvalue weighted by Gasteiger charge is -2.44. The van der Waals surface area contributed by atoms with Gasteiger partial charge in [-0.05, 0) is 6.42 Å². The van der Waals surface area contributed by atoms with E-state index >= 15 is 0 Å². The Morgan fingerprint density at radius 3 is 2.03 bits per heavy atom. The summed E-state index contributed by atoms with van der Waals surface area (Å²) in [4.78, 5) is 47.3. The number of ether oxygens (including phenoxy) is 4. The first-order valence-corrected chi connectivity index (χ1v) is 10.8. The fourth-order valence-electron chi connectivity index (χ4n) is 4.10. The lowest BCUT2D eigenvalue weighted by Crippen LogP contribution is -2.57. The van der Waals surface area contributed by atoms with Crippen LogP contribution in [0.5, 0.6) is 0 Å². The first-order chi connectivity index (χ1) is 16.2. The molecule has 0 aliphatic heterocycles. The van der Waals surface area contributed by atoms with Gasteiger partial charge in [-0.1, -0.05) is 35.5 Å². The van der Waals surface area contributed by atoms with Crippen LogP contribution in [0.25, 0.3) is 11.3 Å². The van der Waals surface area contributed by atoms with Crippen molar-refractivity contribution >= 4 is 23.9 Å². The third kappa shape index (κ3) is 6.18. The summed E-state index contributed by atoms with van der Waals surface area (Å²) >= 11 is 0. The molecule has 1 saturated carbocycles. The van der Waals surface area contributed by atoms with Crippen LogP contribution in [0, 0.1) is 5.92 Å². The van der Waals surface area contributed by atoms with Crippen LogP contribution in [0.15, 0.2) is 36.5 Å². The number of aromatic nitrogens is 3. The molecule has 0 bridgehead atoms. The molecule has 5 atom stereocenters. The molecule has 3 rings (SSSR count). The van der Waals surface area contributed by atoms with Gasteiger partial charge in [0.05, 0.1) is 18.8 Å². The predicted octanol–water partition coefficient (Wildman–Crippen LogP) is 1.86. The summed E-state index contributed by atoms with van der Waals surface area (Å²) in [5.41, 5.74) is 1.42. The van der Waals surface area contributed by atoms with Crippen LogP contribution in [-0.4, -0.2) is 63.8 Å². The average molecular weight is 473 g/mol. The molecule has 1 aromatic heterocycles. The highest BCUT2D eigenvalue weighted by molar-refractivity contribution is 5.68. The molecule has 0 saturated heterocycles. The molecular weight excluding hydrogens is 446 g/mol. The maximum atomic E-state index is 12.0. The van der Waals surface area contributed by atoms with Crippen molar-refractivity contribution in [2.45, 2.75) is 58.5 Å². The summed E-state index contributed by atoms with van der Waals surface area (Å²) in [7, 11) is 0. The third-order valence-electron chi connectivity index (χ3n) is 5.36. The van der Waals surface area contributed by atoms with Gasteiger partial charge in [-0.3, -0.25) is 19.2 Å². The van der Waals surface area contributed by atoms with Gasteiger partial charge in [0.1, 0.15) is 11.8 Å². The van der Waals surface area contributed by atoms with Gasteiger partial charge in [-0.15, -0.1) is 5.10 Å². The molecule has 0 N–H and O–H groups in total. The van der Waals surface area contributed by atoms with Crippen LogP contribution >= 0.6 is 0 Å². The summed E-state index contributed by atoms with van der Waals surface area (Å²) in [6.45, 7) is 4.79. The highest BCUT2D eigenvalue weighted by atomic mass is 16.6. The first kappa shape index (κ1) is 24.9. The maximum absolute atomic E-state index is 12.0. The standard InChI is InChI=1S/C23H27N3O8/c1-13(27)31-12-18-10-20(26-11-19(24-25-26)17-8-6-5-7-9-17)22(33-15(3)29)23(34-16(4)30)21(18)32-14(2)28/h5-9,11,18,20-23H,10,12H2,1-4H3/t18-,20+,21-,22+,23+/m1/s1. The number of hydrogen-bond acceptors (Lipinski definition) is 10. The molecule has 1 heterocycles. The predicted molar refractivity (Wildman–Crippen MR) is 116 cm³/mol. The number of hydrogen-bond donors (Lipinski definition) is 0. The van der Waals surface area contributed by atoms with Gasteiger partial charge in [0.2, 0.25) is 0 Å². The smallest absolute Gasteiger partial charge is 0.303 e. The molecule has 1 fully saturated rings. The van der Waals surface area contributed by atoms with Crippen LogP contribution in [0.1, 0.15) is 40.2 Å². The van der Waals surface area contributed by atoms with Gasteiger partial charge in [-0.25, -0.2) is 4.68 Å². The highest BCUT2D eigenvalue weighted by Gasteiger charge is 2.52. The first-order valence-electron chi connectivity index (χ1n) is 10.8. The molecule has 0 amide bonds. The molecule has 182 valence electrons. The van der Waals surface area contributed by atoms with Crippen LogP contribution in [0.4, 0.5) is 0 Å². The normalized spacial score (nSPS) is 24.1. The van der Waals surface area contributed by atoms with E-state index in [0.717, 1.165) is 5.56 Å². The molecule has 0 spiro atoms. The second-order valence-corrected chi connectivity index (χ2v) is 8.04. The van der Waals surface area contributed by atoms with Crippen LogP contribution in [-0.2, 0) is 38.1 Å². The zero-order valence-electron chi connectivity index (χ0n) is 19.4. The SMILES string of the molecule is CC(=O)OC[C@H]1C[C@H](n2cc(-c3ccccc3)nn2)[C@H](OC(C)=O)[C@@H](OC(C)=O)[C@@H]1OC(C)=O. The fraction of sp³-hybridized carbons (Fsp3) is 0.478. The Labute approximate surface area is 196 Å². The van der Waals surface area contributed by atoms with E-state index in [1.807, 2.05) is 30.3 Å². The van der Waals surface area contributed by atoms with E-state index in [2.05, 4.69) is 10.3 Å². The number of carbonyl (C=O) groups is 4. The second kappa shape index (κ2) is 10.9. The van der Waals surface area contributed by atoms with Crippen molar-refractivity contribution in [1.82, 2.24) is 15.0 Å². The molecular formula is C23H27N3O8. The van der Waals surface area contributed by atoms with Crippen LogP contribution in [0.3, 0.4) is 0 Å². The van der Waals surface area contributed by atoms with Crippen molar-refractivity contribution < 1.29 is 38.1 Å². The van der Waals surface area contributed by atoms with E-state index in [9.17, 15) is 19.2 Å². The topological polar surface area (TPSA) is 136 Å².